The van der Waals surface area contributed by atoms with Crippen molar-refractivity contribution in [2.45, 2.75) is 90.4 Å². The summed E-state index contributed by atoms with van der Waals surface area (Å²) in [5.41, 5.74) is 20.1. The van der Waals surface area contributed by atoms with Gasteiger partial charge in [0, 0.05) is 0 Å². The van der Waals surface area contributed by atoms with Crippen molar-refractivity contribution in [3.63, 3.8) is 0 Å². The molecule has 0 saturated heterocycles. The topological polar surface area (TPSA) is 71.4 Å². The fourth-order valence-electron chi connectivity index (χ4n) is 0.774. The van der Waals surface area contributed by atoms with E-state index < -0.39 is 14.3 Å². The van der Waals surface area contributed by atoms with Crippen molar-refractivity contribution in [3.05, 3.63) is 41.5 Å². The summed E-state index contributed by atoms with van der Waals surface area (Å²) in [6.07, 6.45) is 0. The van der Waals surface area contributed by atoms with E-state index in [1.807, 2.05) is 62.3 Å². The normalized spacial score (nSPS) is 11.0. The zero-order valence-corrected chi connectivity index (χ0v) is 23.9. The molecule has 140 valence electrons. The second kappa shape index (κ2) is 14.8. The summed E-state index contributed by atoms with van der Waals surface area (Å²) in [4.78, 5) is 0. The van der Waals surface area contributed by atoms with Gasteiger partial charge < -0.3 is 17.2 Å². The molecule has 1 rings (SSSR count). The van der Waals surface area contributed by atoms with E-state index in [-0.39, 0.29) is 42.5 Å². The predicted octanol–water partition coefficient (Wildman–Crippen LogP) is 6.61. The first-order valence-electron chi connectivity index (χ1n) is 8.27. The van der Waals surface area contributed by atoms with Crippen LogP contribution in [-0.4, -0.2) is 31.0 Å². The van der Waals surface area contributed by atoms with Gasteiger partial charge in [-0.15, -0.1) is 16.6 Å². The fraction of sp³-hybridized carbons (Fsp3) is 0.737. The number of rotatable bonds is 1. The average molecular weight is 563 g/mol. The molecular weight excluding hydrogens is 521 g/mol. The molecule has 3 nitrogen and oxygen atoms in total. The van der Waals surface area contributed by atoms with Gasteiger partial charge in [-0.3, -0.25) is 0 Å². The Morgan fingerprint density at radius 3 is 0.875 bits per heavy atom. The Morgan fingerprint density at radius 2 is 0.792 bits per heavy atom. The zero-order chi connectivity index (χ0) is 19.5. The molecular formula is C19H41GeHfN3. The van der Waals surface area contributed by atoms with Crippen LogP contribution in [0.5, 0.6) is 0 Å². The van der Waals surface area contributed by atoms with Gasteiger partial charge in [-0.05, 0) is 0 Å². The Balaban J connectivity index is -0.000000113. The number of hydrogen-bond acceptors (Lipinski definition) is 0. The van der Waals surface area contributed by atoms with E-state index in [1.54, 1.807) is 4.40 Å². The molecule has 0 aliphatic rings. The Labute approximate surface area is 175 Å². The maximum atomic E-state index is 6.94. The first-order chi connectivity index (χ1) is 9.80. The molecule has 0 aliphatic carbocycles. The van der Waals surface area contributed by atoms with Crippen molar-refractivity contribution in [2.75, 3.05) is 0 Å². The SMILES string of the molecule is CC(C)(C)[NH-].CC(C)(C)[NH-].CC(C)(C)[NH-].[CH3][GeH]([CH3])[c-]1cccc1.[Hf+4]. The van der Waals surface area contributed by atoms with Crippen LogP contribution in [0.3, 0.4) is 0 Å². The van der Waals surface area contributed by atoms with Gasteiger partial charge in [0.1, 0.15) is 0 Å². The van der Waals surface area contributed by atoms with Crippen molar-refractivity contribution in [3.8, 4) is 0 Å². The van der Waals surface area contributed by atoms with Gasteiger partial charge in [0.2, 0.25) is 0 Å². The Kier molecular flexibility index (Phi) is 19.9. The second-order valence-corrected chi connectivity index (χ2v) is 15.4. The minimum atomic E-state index is -0.888. The summed E-state index contributed by atoms with van der Waals surface area (Å²) >= 11 is -0.888. The van der Waals surface area contributed by atoms with E-state index in [0.29, 0.717) is 0 Å². The maximum absolute atomic E-state index is 6.94. The first kappa shape index (κ1) is 32.3. The van der Waals surface area contributed by atoms with Gasteiger partial charge in [0.05, 0.1) is 0 Å². The third kappa shape index (κ3) is 78.2. The molecule has 0 bridgehead atoms. The molecule has 24 heavy (non-hydrogen) atoms. The summed E-state index contributed by atoms with van der Waals surface area (Å²) in [6, 6.07) is 8.73. The third-order valence-corrected chi connectivity index (χ3v) is 4.96. The molecule has 0 radical (unpaired) electrons. The Bertz CT molecular complexity index is 309. The van der Waals surface area contributed by atoms with Crippen molar-refractivity contribution in [2.24, 2.45) is 0 Å². The van der Waals surface area contributed by atoms with Crippen molar-refractivity contribution < 1.29 is 25.8 Å². The zero-order valence-electron chi connectivity index (χ0n) is 17.9. The van der Waals surface area contributed by atoms with Crippen LogP contribution in [0.1, 0.15) is 62.3 Å². The minimum Gasteiger partial charge on any atom is 4.00 e. The van der Waals surface area contributed by atoms with Crippen LogP contribution in [0.15, 0.2) is 24.3 Å². The van der Waals surface area contributed by atoms with Crippen LogP contribution < -0.4 is 4.40 Å². The summed E-state index contributed by atoms with van der Waals surface area (Å²) in [5, 5.41) is 0. The van der Waals surface area contributed by atoms with Gasteiger partial charge in [-0.2, -0.15) is 0 Å². The van der Waals surface area contributed by atoms with E-state index in [4.69, 9.17) is 17.2 Å². The van der Waals surface area contributed by atoms with Gasteiger partial charge in [0.25, 0.3) is 0 Å². The second-order valence-electron chi connectivity index (χ2n) is 9.12. The molecule has 3 N–H and O–H groups in total. The van der Waals surface area contributed by atoms with E-state index in [9.17, 15) is 0 Å². The van der Waals surface area contributed by atoms with E-state index >= 15 is 0 Å². The van der Waals surface area contributed by atoms with E-state index in [1.165, 1.54) is 0 Å². The van der Waals surface area contributed by atoms with Crippen molar-refractivity contribution in [1.82, 2.24) is 0 Å². The molecule has 0 fully saturated rings. The maximum Gasteiger partial charge on any atom is 4.00 e. The summed E-state index contributed by atoms with van der Waals surface area (Å²) in [7, 11) is 0. The smallest absolute Gasteiger partial charge is 4.00 e. The van der Waals surface area contributed by atoms with Crippen LogP contribution in [0.25, 0.3) is 17.2 Å². The van der Waals surface area contributed by atoms with Crippen LogP contribution in [0, 0.1) is 0 Å². The van der Waals surface area contributed by atoms with Crippen molar-refractivity contribution >= 4 is 18.7 Å². The number of nitrogens with one attached hydrogen (secondary N) is 3. The van der Waals surface area contributed by atoms with Crippen LogP contribution >= 0.6 is 0 Å². The molecule has 0 saturated carbocycles. The van der Waals surface area contributed by atoms with Crippen molar-refractivity contribution in [1.29, 1.82) is 0 Å². The largest absolute Gasteiger partial charge is 4.00 e. The molecule has 1 aromatic carbocycles. The standard InChI is InChI=1S/C7H11Ge.3C4H10N.Hf/c1-8(2)7-5-3-4-6-7;3*1-4(2,3)5;/h3-6,8H,1-2H3;3*5H,1-3H3;/q4*-1;+4. The molecule has 0 spiro atoms. The molecule has 0 heterocycles. The molecule has 5 heteroatoms. The monoisotopic (exact) mass is 565 g/mol. The molecule has 1 aromatic rings. The molecule has 0 atom stereocenters. The van der Waals surface area contributed by atoms with Gasteiger partial charge in [0.15, 0.2) is 0 Å². The van der Waals surface area contributed by atoms with Crippen LogP contribution in [0.4, 0.5) is 0 Å². The number of hydrogen-bond donors (Lipinski definition) is 0. The van der Waals surface area contributed by atoms with Crippen LogP contribution in [-0.2, 0) is 25.8 Å². The van der Waals surface area contributed by atoms with E-state index in [0.717, 1.165) is 0 Å². The summed E-state index contributed by atoms with van der Waals surface area (Å²) < 4.78 is 1.62. The van der Waals surface area contributed by atoms with E-state index in [2.05, 4.69) is 35.8 Å². The first-order valence-corrected chi connectivity index (χ1v) is 14.3. The Hall–Kier alpha value is 0.643. The Morgan fingerprint density at radius 1 is 0.625 bits per heavy atom. The quantitative estimate of drug-likeness (QED) is 0.273. The summed E-state index contributed by atoms with van der Waals surface area (Å²) in [5.74, 6) is 4.78. The molecule has 0 unspecified atom stereocenters. The molecule has 0 aromatic heterocycles. The minimum absolute atomic E-state index is 0. The third-order valence-electron chi connectivity index (χ3n) is 1.36. The van der Waals surface area contributed by atoms with Gasteiger partial charge >= 0.3 is 80.4 Å². The fourth-order valence-corrected chi connectivity index (χ4v) is 2.86. The summed E-state index contributed by atoms with van der Waals surface area (Å²) in [6.45, 7) is 16.7. The van der Waals surface area contributed by atoms with Crippen LogP contribution in [0.2, 0.25) is 11.5 Å². The van der Waals surface area contributed by atoms with Gasteiger partial charge in [-0.1, -0.05) is 62.3 Å². The van der Waals surface area contributed by atoms with Gasteiger partial charge in [-0.25, -0.2) is 0 Å². The molecule has 0 amide bonds. The molecule has 0 aliphatic heterocycles. The average Bonchev–Trinajstić information content (AvgIpc) is 2.59. The predicted molar refractivity (Wildman–Crippen MR) is 113 cm³/mol.